The van der Waals surface area contributed by atoms with Crippen LogP contribution in [0.15, 0.2) is 65.8 Å². The highest BCUT2D eigenvalue weighted by Gasteiger charge is 2.29. The minimum Gasteiger partial charge on any atom is -0.348 e. The van der Waals surface area contributed by atoms with E-state index in [0.29, 0.717) is 11.7 Å². The van der Waals surface area contributed by atoms with Gasteiger partial charge in [-0.25, -0.2) is 0 Å². The zero-order chi connectivity index (χ0) is 19.3. The summed E-state index contributed by atoms with van der Waals surface area (Å²) in [7, 11) is 1.98. The molecule has 0 saturated heterocycles. The van der Waals surface area contributed by atoms with Gasteiger partial charge in [-0.3, -0.25) is 4.79 Å². The van der Waals surface area contributed by atoms with E-state index in [0.717, 1.165) is 23.0 Å². The van der Waals surface area contributed by atoms with Gasteiger partial charge >= 0.3 is 0 Å². The van der Waals surface area contributed by atoms with Gasteiger partial charge in [-0.1, -0.05) is 72.4 Å². The van der Waals surface area contributed by atoms with Crippen molar-refractivity contribution in [3.8, 4) is 0 Å². The van der Waals surface area contributed by atoms with E-state index in [2.05, 4.69) is 39.8 Å². The lowest BCUT2D eigenvalue weighted by Gasteiger charge is -2.19. The lowest BCUT2D eigenvalue weighted by molar-refractivity contribution is -0.119. The molecule has 3 aromatic rings. The minimum absolute atomic E-state index is 0.00533. The molecular formula is C22H24N4OS. The van der Waals surface area contributed by atoms with Crippen molar-refractivity contribution >= 4 is 17.7 Å². The molecule has 1 amide bonds. The standard InChI is InChI=1S/C22H24N4OS/c1-26-21(18-12-13-18)24-25-22(26)28-15-20(27)23-19(17-10-6-3-7-11-17)14-16-8-4-2-5-9-16/h2-11,18-19H,12-15H2,1H3,(H,23,27)/t19-/m1/s1. The van der Waals surface area contributed by atoms with Gasteiger partial charge in [0.25, 0.3) is 0 Å². The number of carbonyl (C=O) groups excluding carboxylic acids is 1. The van der Waals surface area contributed by atoms with E-state index in [9.17, 15) is 4.79 Å². The van der Waals surface area contributed by atoms with Crippen LogP contribution in [0.25, 0.3) is 0 Å². The van der Waals surface area contributed by atoms with E-state index in [1.165, 1.54) is 30.2 Å². The molecule has 0 spiro atoms. The molecule has 5 nitrogen and oxygen atoms in total. The maximum atomic E-state index is 12.7. The van der Waals surface area contributed by atoms with E-state index in [4.69, 9.17) is 0 Å². The molecule has 0 unspecified atom stereocenters. The van der Waals surface area contributed by atoms with Gasteiger partial charge in [0.15, 0.2) is 5.16 Å². The normalized spacial score (nSPS) is 14.6. The van der Waals surface area contributed by atoms with Crippen molar-refractivity contribution in [2.75, 3.05) is 5.75 Å². The smallest absolute Gasteiger partial charge is 0.230 e. The molecule has 1 aliphatic carbocycles. The van der Waals surface area contributed by atoms with Crippen molar-refractivity contribution in [2.24, 2.45) is 7.05 Å². The minimum atomic E-state index is -0.0572. The second-order valence-corrected chi connectivity index (χ2v) is 8.13. The maximum absolute atomic E-state index is 12.7. The zero-order valence-electron chi connectivity index (χ0n) is 15.9. The Balaban J connectivity index is 1.40. The lowest BCUT2D eigenvalue weighted by Crippen LogP contribution is -2.31. The fourth-order valence-electron chi connectivity index (χ4n) is 3.30. The first kappa shape index (κ1) is 18.7. The van der Waals surface area contributed by atoms with Crippen molar-refractivity contribution in [3.63, 3.8) is 0 Å². The van der Waals surface area contributed by atoms with Crippen molar-refractivity contribution in [3.05, 3.63) is 77.6 Å². The van der Waals surface area contributed by atoms with E-state index in [1.807, 2.05) is 48.0 Å². The van der Waals surface area contributed by atoms with Crippen molar-refractivity contribution in [1.82, 2.24) is 20.1 Å². The summed E-state index contributed by atoms with van der Waals surface area (Å²) >= 11 is 1.44. The zero-order valence-corrected chi connectivity index (χ0v) is 16.7. The van der Waals surface area contributed by atoms with E-state index < -0.39 is 0 Å². The predicted octanol–water partition coefficient (Wildman–Crippen LogP) is 3.88. The molecule has 1 N–H and O–H groups in total. The van der Waals surface area contributed by atoms with Gasteiger partial charge in [-0.05, 0) is 30.4 Å². The first-order valence-corrected chi connectivity index (χ1v) is 10.6. The van der Waals surface area contributed by atoms with Crippen LogP contribution in [-0.2, 0) is 18.3 Å². The summed E-state index contributed by atoms with van der Waals surface area (Å²) < 4.78 is 2.02. The second kappa shape index (κ2) is 8.61. The van der Waals surface area contributed by atoms with Gasteiger partial charge in [-0.15, -0.1) is 10.2 Å². The molecule has 1 heterocycles. The van der Waals surface area contributed by atoms with Crippen LogP contribution in [0.2, 0.25) is 0 Å². The monoisotopic (exact) mass is 392 g/mol. The number of benzene rings is 2. The van der Waals surface area contributed by atoms with Gasteiger partial charge in [0.1, 0.15) is 5.82 Å². The Morgan fingerprint density at radius 2 is 1.79 bits per heavy atom. The Morgan fingerprint density at radius 3 is 2.46 bits per heavy atom. The summed E-state index contributed by atoms with van der Waals surface area (Å²) in [5, 5.41) is 12.5. The SMILES string of the molecule is Cn1c(SCC(=O)N[C@H](Cc2ccccc2)c2ccccc2)nnc1C1CC1. The molecule has 1 atom stereocenters. The average Bonchev–Trinajstić information content (AvgIpc) is 3.50. The quantitative estimate of drug-likeness (QED) is 0.591. The third-order valence-corrected chi connectivity index (χ3v) is 5.98. The molecule has 1 aromatic heterocycles. The predicted molar refractivity (Wildman–Crippen MR) is 111 cm³/mol. The van der Waals surface area contributed by atoms with E-state index >= 15 is 0 Å². The number of hydrogen-bond acceptors (Lipinski definition) is 4. The summed E-state index contributed by atoms with van der Waals surface area (Å²) in [5.74, 6) is 1.92. The number of aromatic nitrogens is 3. The Kier molecular flexibility index (Phi) is 5.76. The first-order valence-electron chi connectivity index (χ1n) is 9.61. The Hall–Kier alpha value is -2.60. The molecule has 28 heavy (non-hydrogen) atoms. The lowest BCUT2D eigenvalue weighted by atomic mass is 9.99. The van der Waals surface area contributed by atoms with Crippen LogP contribution in [0, 0.1) is 0 Å². The average molecular weight is 393 g/mol. The number of amides is 1. The molecule has 6 heteroatoms. The van der Waals surface area contributed by atoms with Gasteiger partial charge in [0.05, 0.1) is 11.8 Å². The number of thioether (sulfide) groups is 1. The molecule has 1 aliphatic rings. The summed E-state index contributed by atoms with van der Waals surface area (Å²) in [6.45, 7) is 0. The highest BCUT2D eigenvalue weighted by atomic mass is 32.2. The third kappa shape index (κ3) is 4.62. The molecule has 4 rings (SSSR count). The summed E-state index contributed by atoms with van der Waals surface area (Å²) in [6.07, 6.45) is 3.14. The number of nitrogens with one attached hydrogen (secondary N) is 1. The van der Waals surface area contributed by atoms with E-state index in [1.54, 1.807) is 0 Å². The summed E-state index contributed by atoms with van der Waals surface area (Å²) in [5.41, 5.74) is 2.31. The molecule has 0 bridgehead atoms. The summed E-state index contributed by atoms with van der Waals surface area (Å²) in [4.78, 5) is 12.7. The highest BCUT2D eigenvalue weighted by molar-refractivity contribution is 7.99. The Labute approximate surface area is 169 Å². The van der Waals surface area contributed by atoms with Crippen molar-refractivity contribution in [2.45, 2.75) is 36.4 Å². The largest absolute Gasteiger partial charge is 0.348 e. The Bertz CT molecular complexity index is 922. The maximum Gasteiger partial charge on any atom is 0.230 e. The van der Waals surface area contributed by atoms with Gasteiger partial charge in [0, 0.05) is 13.0 Å². The molecule has 1 fully saturated rings. The second-order valence-electron chi connectivity index (χ2n) is 7.18. The van der Waals surface area contributed by atoms with Crippen molar-refractivity contribution < 1.29 is 4.79 Å². The highest BCUT2D eigenvalue weighted by Crippen LogP contribution is 2.39. The molecule has 0 aliphatic heterocycles. The van der Waals surface area contributed by atoms with Crippen LogP contribution in [0.4, 0.5) is 0 Å². The molecule has 144 valence electrons. The summed E-state index contributed by atoms with van der Waals surface area (Å²) in [6, 6.07) is 20.3. The molecule has 1 saturated carbocycles. The number of carbonyl (C=O) groups is 1. The van der Waals surface area contributed by atoms with Crippen LogP contribution in [0.3, 0.4) is 0 Å². The molecule has 2 aromatic carbocycles. The van der Waals surface area contributed by atoms with Crippen LogP contribution >= 0.6 is 11.8 Å². The van der Waals surface area contributed by atoms with Gasteiger partial charge in [0.2, 0.25) is 5.91 Å². The topological polar surface area (TPSA) is 59.8 Å². The number of rotatable bonds is 8. The first-order chi connectivity index (χ1) is 13.7. The third-order valence-electron chi connectivity index (χ3n) is 4.96. The van der Waals surface area contributed by atoms with Crippen LogP contribution in [0.1, 0.15) is 41.8 Å². The number of nitrogens with zero attached hydrogens (tertiary/aromatic N) is 3. The van der Waals surface area contributed by atoms with Gasteiger partial charge < -0.3 is 9.88 Å². The van der Waals surface area contributed by atoms with E-state index in [-0.39, 0.29) is 11.9 Å². The molecular weight excluding hydrogens is 368 g/mol. The fourth-order valence-corrected chi connectivity index (χ4v) is 4.03. The number of hydrogen-bond donors (Lipinski definition) is 1. The van der Waals surface area contributed by atoms with Crippen LogP contribution < -0.4 is 5.32 Å². The molecule has 0 radical (unpaired) electrons. The van der Waals surface area contributed by atoms with Crippen molar-refractivity contribution in [1.29, 1.82) is 0 Å². The van der Waals surface area contributed by atoms with Crippen LogP contribution in [-0.4, -0.2) is 26.4 Å². The van der Waals surface area contributed by atoms with Gasteiger partial charge in [-0.2, -0.15) is 0 Å². The van der Waals surface area contributed by atoms with Crippen LogP contribution in [0.5, 0.6) is 0 Å². The fraction of sp³-hybridized carbons (Fsp3) is 0.318. The Morgan fingerprint density at radius 1 is 1.11 bits per heavy atom.